The van der Waals surface area contributed by atoms with Gasteiger partial charge in [0.1, 0.15) is 0 Å². The lowest BCUT2D eigenvalue weighted by Gasteiger charge is -2.00. The second kappa shape index (κ2) is 5.00. The van der Waals surface area contributed by atoms with Crippen molar-refractivity contribution >= 4 is 17.4 Å². The highest BCUT2D eigenvalue weighted by atomic mass is 35.5. The van der Waals surface area contributed by atoms with Crippen LogP contribution in [-0.4, -0.2) is 22.1 Å². The summed E-state index contributed by atoms with van der Waals surface area (Å²) in [5.41, 5.74) is 0.415. The lowest BCUT2D eigenvalue weighted by molar-refractivity contribution is -0.170. The molecule has 0 aliphatic heterocycles. The van der Waals surface area contributed by atoms with Crippen molar-refractivity contribution < 1.29 is 22.5 Å². The van der Waals surface area contributed by atoms with Crippen molar-refractivity contribution in [1.29, 1.82) is 0 Å². The van der Waals surface area contributed by atoms with Gasteiger partial charge < -0.3 is 4.52 Å². The summed E-state index contributed by atoms with van der Waals surface area (Å²) in [6.07, 6.45) is -5.90. The molecule has 0 N–H and O–H groups in total. The number of hydrogen-bond donors (Lipinski definition) is 0. The van der Waals surface area contributed by atoms with E-state index in [0.29, 0.717) is 10.6 Å². The summed E-state index contributed by atoms with van der Waals surface area (Å²) in [6, 6.07) is 6.51. The molecule has 0 saturated carbocycles. The highest BCUT2D eigenvalue weighted by molar-refractivity contribution is 6.33. The van der Waals surface area contributed by atoms with Crippen LogP contribution in [0.15, 0.2) is 28.8 Å². The van der Waals surface area contributed by atoms with Crippen LogP contribution in [-0.2, 0) is 11.2 Å². The summed E-state index contributed by atoms with van der Waals surface area (Å²) in [5.74, 6) is -2.31. The average molecular weight is 291 g/mol. The van der Waals surface area contributed by atoms with Gasteiger partial charge in [0, 0.05) is 5.56 Å². The molecule has 4 nitrogen and oxygen atoms in total. The molecule has 100 valence electrons. The Balaban J connectivity index is 2.21. The number of carbonyl (C=O) groups excluding carboxylic acids is 1. The van der Waals surface area contributed by atoms with Gasteiger partial charge in [0.25, 0.3) is 0 Å². The molecule has 0 radical (unpaired) electrons. The highest BCUT2D eigenvalue weighted by Gasteiger charge is 2.39. The highest BCUT2D eigenvalue weighted by Crippen LogP contribution is 2.25. The number of Topliss-reactive ketones (excluding diaryl/α,β-unsaturated/α-hetero) is 1. The van der Waals surface area contributed by atoms with Crippen LogP contribution in [0.3, 0.4) is 0 Å². The van der Waals surface area contributed by atoms with Gasteiger partial charge in [-0.25, -0.2) is 0 Å². The zero-order valence-corrected chi connectivity index (χ0v) is 10.00. The molecule has 0 saturated heterocycles. The minimum atomic E-state index is -4.92. The van der Waals surface area contributed by atoms with Crippen LogP contribution in [0.2, 0.25) is 5.02 Å². The predicted octanol–water partition coefficient (Wildman–Crippen LogP) is 3.06. The molecule has 19 heavy (non-hydrogen) atoms. The van der Waals surface area contributed by atoms with Crippen molar-refractivity contribution in [2.45, 2.75) is 12.6 Å². The van der Waals surface area contributed by atoms with Gasteiger partial charge in [-0.1, -0.05) is 28.9 Å². The summed E-state index contributed by atoms with van der Waals surface area (Å²) >= 11 is 5.88. The SMILES string of the molecule is O=C(Cc1nc(-c2ccccc2Cl)no1)C(F)(F)F. The van der Waals surface area contributed by atoms with Gasteiger partial charge in [-0.15, -0.1) is 0 Å². The molecule has 0 fully saturated rings. The number of alkyl halides is 3. The lowest BCUT2D eigenvalue weighted by atomic mass is 10.2. The Hall–Kier alpha value is -1.89. The van der Waals surface area contributed by atoms with Crippen molar-refractivity contribution in [3.63, 3.8) is 0 Å². The first-order chi connectivity index (χ1) is 8.88. The zero-order valence-electron chi connectivity index (χ0n) is 9.24. The molecule has 1 aromatic carbocycles. The summed E-state index contributed by atoms with van der Waals surface area (Å²) in [4.78, 5) is 14.5. The molecule has 8 heteroatoms. The van der Waals surface area contributed by atoms with E-state index in [0.717, 1.165) is 0 Å². The van der Waals surface area contributed by atoms with E-state index in [-0.39, 0.29) is 5.82 Å². The molecule has 0 atom stereocenters. The molecule has 0 aliphatic rings. The predicted molar refractivity (Wildman–Crippen MR) is 59.5 cm³/mol. The van der Waals surface area contributed by atoms with E-state index >= 15 is 0 Å². The largest absolute Gasteiger partial charge is 0.450 e. The maximum absolute atomic E-state index is 12.1. The monoisotopic (exact) mass is 290 g/mol. The number of halogens is 4. The first-order valence-corrected chi connectivity index (χ1v) is 5.43. The van der Waals surface area contributed by atoms with Crippen LogP contribution in [0.4, 0.5) is 13.2 Å². The smallest absolute Gasteiger partial charge is 0.338 e. The number of ketones is 1. The van der Waals surface area contributed by atoms with Gasteiger partial charge in [0.05, 0.1) is 11.4 Å². The van der Waals surface area contributed by atoms with Crippen LogP contribution in [0.5, 0.6) is 0 Å². The van der Waals surface area contributed by atoms with E-state index in [9.17, 15) is 18.0 Å². The molecule has 0 unspecified atom stereocenters. The molecular formula is C11H6ClF3N2O2. The van der Waals surface area contributed by atoms with E-state index in [1.54, 1.807) is 24.3 Å². The number of benzene rings is 1. The van der Waals surface area contributed by atoms with E-state index in [1.165, 1.54) is 0 Å². The first-order valence-electron chi connectivity index (χ1n) is 5.05. The Morgan fingerprint density at radius 2 is 2.00 bits per heavy atom. The normalized spacial score (nSPS) is 11.6. The third kappa shape index (κ3) is 3.11. The Bertz CT molecular complexity index is 610. The molecule has 2 rings (SSSR count). The van der Waals surface area contributed by atoms with E-state index < -0.39 is 24.3 Å². The molecule has 1 aromatic heterocycles. The number of rotatable bonds is 3. The quantitative estimate of drug-likeness (QED) is 0.872. The van der Waals surface area contributed by atoms with Crippen molar-refractivity contribution in [2.75, 3.05) is 0 Å². The lowest BCUT2D eigenvalue weighted by Crippen LogP contribution is -2.24. The van der Waals surface area contributed by atoms with E-state index in [2.05, 4.69) is 14.7 Å². The van der Waals surface area contributed by atoms with Gasteiger partial charge in [0.2, 0.25) is 17.5 Å². The third-order valence-electron chi connectivity index (χ3n) is 2.21. The number of carbonyl (C=O) groups is 1. The number of hydrogen-bond acceptors (Lipinski definition) is 4. The molecule has 0 amide bonds. The summed E-state index contributed by atoms with van der Waals surface area (Å²) < 4.78 is 40.8. The van der Waals surface area contributed by atoms with Crippen LogP contribution in [0.25, 0.3) is 11.4 Å². The second-order valence-corrected chi connectivity index (χ2v) is 4.00. The maximum Gasteiger partial charge on any atom is 0.450 e. The standard InChI is InChI=1S/C11H6ClF3N2O2/c12-7-4-2-1-3-6(7)10-16-9(19-17-10)5-8(18)11(13,14)15/h1-4H,5H2. The van der Waals surface area contributed by atoms with Crippen molar-refractivity contribution in [1.82, 2.24) is 10.1 Å². The number of nitrogens with zero attached hydrogens (tertiary/aromatic N) is 2. The second-order valence-electron chi connectivity index (χ2n) is 3.59. The molecule has 0 spiro atoms. The minimum absolute atomic E-state index is 0.0376. The average Bonchev–Trinajstić information content (AvgIpc) is 2.76. The van der Waals surface area contributed by atoms with Gasteiger partial charge in [0.15, 0.2) is 0 Å². The van der Waals surface area contributed by atoms with Gasteiger partial charge in [-0.2, -0.15) is 18.2 Å². The summed E-state index contributed by atoms with van der Waals surface area (Å²) in [7, 11) is 0. The summed E-state index contributed by atoms with van der Waals surface area (Å²) in [5, 5.41) is 3.82. The van der Waals surface area contributed by atoms with Crippen molar-refractivity contribution in [3.8, 4) is 11.4 Å². The molecule has 0 aliphatic carbocycles. The Kier molecular flexibility index (Phi) is 3.57. The fourth-order valence-corrected chi connectivity index (χ4v) is 1.54. The van der Waals surface area contributed by atoms with Gasteiger partial charge in [-0.3, -0.25) is 4.79 Å². The Morgan fingerprint density at radius 3 is 2.63 bits per heavy atom. The van der Waals surface area contributed by atoms with Crippen LogP contribution in [0.1, 0.15) is 5.89 Å². The van der Waals surface area contributed by atoms with Gasteiger partial charge in [-0.05, 0) is 12.1 Å². The third-order valence-corrected chi connectivity index (χ3v) is 2.54. The number of aromatic nitrogens is 2. The fourth-order valence-electron chi connectivity index (χ4n) is 1.32. The molecular weight excluding hydrogens is 285 g/mol. The van der Waals surface area contributed by atoms with Crippen LogP contribution < -0.4 is 0 Å². The van der Waals surface area contributed by atoms with Crippen molar-refractivity contribution in [2.24, 2.45) is 0 Å². The Morgan fingerprint density at radius 1 is 1.32 bits per heavy atom. The first kappa shape index (κ1) is 13.5. The van der Waals surface area contributed by atoms with Crippen molar-refractivity contribution in [3.05, 3.63) is 35.2 Å². The maximum atomic E-state index is 12.1. The summed E-state index contributed by atoms with van der Waals surface area (Å²) in [6.45, 7) is 0. The van der Waals surface area contributed by atoms with Crippen LogP contribution >= 0.6 is 11.6 Å². The van der Waals surface area contributed by atoms with Crippen LogP contribution in [0, 0.1) is 0 Å². The zero-order chi connectivity index (χ0) is 14.0. The van der Waals surface area contributed by atoms with E-state index in [1.807, 2.05) is 0 Å². The van der Waals surface area contributed by atoms with E-state index in [4.69, 9.17) is 11.6 Å². The molecule has 0 bridgehead atoms. The van der Waals surface area contributed by atoms with Gasteiger partial charge >= 0.3 is 6.18 Å². The molecule has 1 heterocycles. The fraction of sp³-hybridized carbons (Fsp3) is 0.182. The minimum Gasteiger partial charge on any atom is -0.338 e. The molecule has 2 aromatic rings. The topological polar surface area (TPSA) is 56.0 Å². The Labute approximate surface area is 110 Å².